The lowest BCUT2D eigenvalue weighted by Gasteiger charge is -2.72. The average molecular weight is 388 g/mol. The Bertz CT molecular complexity index is 829. The van der Waals surface area contributed by atoms with Crippen LogP contribution in [0.5, 0.6) is 0 Å². The van der Waals surface area contributed by atoms with Gasteiger partial charge in [0.1, 0.15) is 17.6 Å². The van der Waals surface area contributed by atoms with Crippen molar-refractivity contribution in [2.45, 2.75) is 58.0 Å². The summed E-state index contributed by atoms with van der Waals surface area (Å²) in [4.78, 5) is 25.6. The van der Waals surface area contributed by atoms with Gasteiger partial charge in [0.05, 0.1) is 6.61 Å². The van der Waals surface area contributed by atoms with Crippen molar-refractivity contribution in [3.63, 3.8) is 0 Å². The van der Waals surface area contributed by atoms with Crippen LogP contribution in [0.3, 0.4) is 0 Å². The monoisotopic (exact) mass is 388 g/mol. The Kier molecular flexibility index (Phi) is 3.41. The van der Waals surface area contributed by atoms with Gasteiger partial charge < -0.3 is 19.7 Å². The van der Waals surface area contributed by atoms with Crippen molar-refractivity contribution in [2.75, 3.05) is 6.61 Å². The molecule has 0 unspecified atom stereocenters. The fourth-order valence-electron chi connectivity index (χ4n) is 7.73. The van der Waals surface area contributed by atoms with Gasteiger partial charge in [0.15, 0.2) is 5.78 Å². The number of fused-ring (bicyclic) bond motifs is 2. The minimum Gasteiger partial charge on any atom is -0.461 e. The molecule has 2 N–H and O–H groups in total. The molecule has 3 saturated carbocycles. The second kappa shape index (κ2) is 5.15. The van der Waals surface area contributed by atoms with Crippen LogP contribution >= 0.6 is 0 Å². The molecule has 6 nitrogen and oxygen atoms in total. The van der Waals surface area contributed by atoms with E-state index in [9.17, 15) is 19.8 Å². The van der Waals surface area contributed by atoms with Gasteiger partial charge in [0.2, 0.25) is 5.79 Å². The summed E-state index contributed by atoms with van der Waals surface area (Å²) in [6.07, 6.45) is 4.23. The van der Waals surface area contributed by atoms with Gasteiger partial charge in [-0.1, -0.05) is 32.6 Å². The smallest absolute Gasteiger partial charge is 0.302 e. The number of hydrogen-bond donors (Lipinski definition) is 2. The molecule has 5 fully saturated rings. The van der Waals surface area contributed by atoms with E-state index in [1.807, 2.05) is 0 Å². The minimum absolute atomic E-state index is 0.245. The summed E-state index contributed by atoms with van der Waals surface area (Å²) in [5.74, 6) is -3.80. The van der Waals surface area contributed by atoms with Crippen molar-refractivity contribution in [2.24, 2.45) is 34.0 Å². The van der Waals surface area contributed by atoms with Crippen LogP contribution in [0, 0.1) is 34.0 Å². The molecular formula is C22H28O6. The van der Waals surface area contributed by atoms with E-state index in [1.165, 1.54) is 6.92 Å². The van der Waals surface area contributed by atoms with E-state index in [-0.39, 0.29) is 35.6 Å². The molecule has 0 aromatic carbocycles. The molecule has 4 bridgehead atoms. The summed E-state index contributed by atoms with van der Waals surface area (Å²) in [5.41, 5.74) is -1.99. The highest BCUT2D eigenvalue weighted by molar-refractivity contribution is 6.05. The lowest BCUT2D eigenvalue weighted by Crippen LogP contribution is -2.83. The maximum absolute atomic E-state index is 13.6. The Hall–Kier alpha value is -1.50. The first-order valence-corrected chi connectivity index (χ1v) is 10.2. The van der Waals surface area contributed by atoms with Crippen molar-refractivity contribution >= 4 is 11.8 Å². The normalized spacial score (nSPS) is 53.0. The predicted molar refractivity (Wildman–Crippen MR) is 98.7 cm³/mol. The summed E-state index contributed by atoms with van der Waals surface area (Å²) < 4.78 is 11.6. The number of ether oxygens (including phenoxy) is 2. The summed E-state index contributed by atoms with van der Waals surface area (Å²) in [5, 5.41) is 23.3. The maximum atomic E-state index is 13.6. The molecule has 0 radical (unpaired) electrons. The van der Waals surface area contributed by atoms with Gasteiger partial charge in [-0.3, -0.25) is 9.59 Å². The molecule has 2 aliphatic heterocycles. The molecule has 28 heavy (non-hydrogen) atoms. The second-order valence-electron chi connectivity index (χ2n) is 10.1. The van der Waals surface area contributed by atoms with Gasteiger partial charge in [0, 0.05) is 24.2 Å². The fraction of sp³-hybridized carbons (Fsp3) is 0.727. The lowest BCUT2D eigenvalue weighted by atomic mass is 9.37. The van der Waals surface area contributed by atoms with Gasteiger partial charge in [0.25, 0.3) is 0 Å². The number of allylic oxidation sites excluding steroid dienone is 1. The molecule has 2 spiro atoms. The van der Waals surface area contributed by atoms with Gasteiger partial charge in [-0.25, -0.2) is 0 Å². The molecular weight excluding hydrogens is 360 g/mol. The zero-order valence-electron chi connectivity index (χ0n) is 16.6. The number of carbonyl (C=O) groups excluding carboxylic acids is 2. The molecule has 0 aromatic rings. The Labute approximate surface area is 164 Å². The van der Waals surface area contributed by atoms with E-state index in [0.29, 0.717) is 18.4 Å². The Morgan fingerprint density at radius 3 is 2.75 bits per heavy atom. The number of carbonyl (C=O) groups is 2. The average Bonchev–Trinajstić information content (AvgIpc) is 2.72. The number of rotatable bonds is 1. The van der Waals surface area contributed by atoms with E-state index < -0.39 is 34.8 Å². The van der Waals surface area contributed by atoms with Gasteiger partial charge in [-0.05, 0) is 36.2 Å². The molecule has 8 atom stereocenters. The molecule has 6 rings (SSSR count). The van der Waals surface area contributed by atoms with Crippen LogP contribution in [0.15, 0.2) is 24.3 Å². The molecule has 2 heterocycles. The first-order chi connectivity index (χ1) is 13.0. The third-order valence-electron chi connectivity index (χ3n) is 8.53. The van der Waals surface area contributed by atoms with E-state index >= 15 is 0 Å². The van der Waals surface area contributed by atoms with Crippen molar-refractivity contribution in [3.05, 3.63) is 24.3 Å². The van der Waals surface area contributed by atoms with Gasteiger partial charge in [-0.15, -0.1) is 0 Å². The van der Waals surface area contributed by atoms with Crippen LogP contribution in [0.1, 0.15) is 40.0 Å². The SMILES string of the molecule is C=C1C(=O)[C@]23[C@H](OC(C)=O)[C@H]1CC[C@H]2[C@]12C=CCC(C)(C)[C@H]1[C@H](O)[C@]3(O)OC2. The summed E-state index contributed by atoms with van der Waals surface area (Å²) in [6, 6.07) is 0. The van der Waals surface area contributed by atoms with E-state index in [4.69, 9.17) is 9.47 Å². The van der Waals surface area contributed by atoms with Crippen LogP contribution in [-0.4, -0.2) is 46.6 Å². The first kappa shape index (κ1) is 18.5. The number of aliphatic hydroxyl groups excluding tert-OH is 1. The number of aliphatic hydroxyl groups is 2. The van der Waals surface area contributed by atoms with Crippen molar-refractivity contribution in [1.82, 2.24) is 0 Å². The van der Waals surface area contributed by atoms with Crippen LogP contribution in [0.4, 0.5) is 0 Å². The van der Waals surface area contributed by atoms with Crippen LogP contribution in [0.2, 0.25) is 0 Å². The molecule has 0 aromatic heterocycles. The second-order valence-corrected chi connectivity index (χ2v) is 10.1. The molecule has 6 aliphatic rings. The molecule has 2 saturated heterocycles. The fourth-order valence-corrected chi connectivity index (χ4v) is 7.73. The van der Waals surface area contributed by atoms with E-state index in [1.54, 1.807) is 0 Å². The van der Waals surface area contributed by atoms with Gasteiger partial charge in [-0.2, -0.15) is 0 Å². The molecule has 152 valence electrons. The highest BCUT2D eigenvalue weighted by atomic mass is 16.6. The van der Waals surface area contributed by atoms with E-state index in [0.717, 1.165) is 6.42 Å². The largest absolute Gasteiger partial charge is 0.461 e. The number of hydrogen-bond acceptors (Lipinski definition) is 6. The van der Waals surface area contributed by atoms with Crippen LogP contribution < -0.4 is 0 Å². The van der Waals surface area contributed by atoms with Crippen molar-refractivity contribution in [3.8, 4) is 0 Å². The number of esters is 1. The Balaban J connectivity index is 1.80. The first-order valence-electron chi connectivity index (χ1n) is 10.2. The Morgan fingerprint density at radius 1 is 1.36 bits per heavy atom. The highest BCUT2D eigenvalue weighted by Crippen LogP contribution is 2.75. The number of Topliss-reactive ketones (excluding diaryl/α,β-unsaturated/α-hetero) is 1. The third-order valence-corrected chi connectivity index (χ3v) is 8.53. The molecule has 6 heteroatoms. The molecule has 0 amide bonds. The number of ketones is 1. The maximum Gasteiger partial charge on any atom is 0.302 e. The Morgan fingerprint density at radius 2 is 2.07 bits per heavy atom. The standard InChI is InChI=1S/C22H28O6/c1-11-13-6-7-14-20-9-5-8-19(3,4)15(20)17(25)22(26,27-10-20)21(14,16(11)24)18(13)28-12(2)23/h5,9,13-15,17-18,25-26H,1,6-8,10H2,2-4H3/t13-,14-,15+,17-,18+,20+,21-,22-/m0/s1. The molecule has 4 aliphatic carbocycles. The van der Waals surface area contributed by atoms with Crippen LogP contribution in [-0.2, 0) is 19.1 Å². The van der Waals surface area contributed by atoms with Crippen LogP contribution in [0.25, 0.3) is 0 Å². The van der Waals surface area contributed by atoms with Crippen molar-refractivity contribution in [1.29, 1.82) is 0 Å². The zero-order valence-corrected chi connectivity index (χ0v) is 16.6. The lowest BCUT2D eigenvalue weighted by molar-refractivity contribution is -0.436. The minimum atomic E-state index is -2.10. The van der Waals surface area contributed by atoms with Crippen molar-refractivity contribution < 1.29 is 29.3 Å². The predicted octanol–water partition coefficient (Wildman–Crippen LogP) is 1.75. The zero-order chi connectivity index (χ0) is 20.3. The quantitative estimate of drug-likeness (QED) is 0.404. The highest BCUT2D eigenvalue weighted by Gasteiger charge is 2.86. The van der Waals surface area contributed by atoms with E-state index in [2.05, 4.69) is 32.6 Å². The summed E-state index contributed by atoms with van der Waals surface area (Å²) in [6.45, 7) is 9.72. The van der Waals surface area contributed by atoms with Gasteiger partial charge >= 0.3 is 5.97 Å². The summed E-state index contributed by atoms with van der Waals surface area (Å²) >= 11 is 0. The third kappa shape index (κ3) is 1.69. The topological polar surface area (TPSA) is 93.1 Å². The summed E-state index contributed by atoms with van der Waals surface area (Å²) in [7, 11) is 0.